The predicted molar refractivity (Wildman–Crippen MR) is 70.3 cm³/mol. The van der Waals surface area contributed by atoms with Crippen LogP contribution in [-0.2, 0) is 16.0 Å². The molecule has 0 aromatic carbocycles. The number of alkyl halides is 3. The number of hydrazine groups is 1. The molecule has 11 heteroatoms. The zero-order chi connectivity index (χ0) is 15.7. The van der Waals surface area contributed by atoms with E-state index in [4.69, 9.17) is 5.84 Å². The molecule has 0 spiro atoms. The van der Waals surface area contributed by atoms with Crippen LogP contribution in [-0.4, -0.2) is 43.0 Å². The van der Waals surface area contributed by atoms with Gasteiger partial charge in [0, 0.05) is 19.2 Å². The van der Waals surface area contributed by atoms with Crippen LogP contribution in [0, 0.1) is 0 Å². The van der Waals surface area contributed by atoms with E-state index in [0.29, 0.717) is 13.0 Å². The molecule has 7 nitrogen and oxygen atoms in total. The first-order valence-corrected chi connectivity index (χ1v) is 7.92. The Bertz CT molecular complexity index is 620. The minimum Gasteiger partial charge on any atom is -0.355 e. The van der Waals surface area contributed by atoms with Gasteiger partial charge < -0.3 is 4.90 Å². The Hall–Kier alpha value is -1.62. The van der Waals surface area contributed by atoms with E-state index in [9.17, 15) is 21.6 Å². The van der Waals surface area contributed by atoms with E-state index in [1.807, 2.05) is 5.43 Å². The van der Waals surface area contributed by atoms with Gasteiger partial charge in [-0.1, -0.05) is 0 Å². The van der Waals surface area contributed by atoms with Crippen LogP contribution in [0.25, 0.3) is 0 Å². The minimum absolute atomic E-state index is 0.00220. The van der Waals surface area contributed by atoms with Crippen molar-refractivity contribution in [2.75, 3.05) is 34.9 Å². The molecule has 1 aromatic rings. The maximum Gasteiger partial charge on any atom is 0.433 e. The fourth-order valence-corrected chi connectivity index (χ4v) is 3.25. The van der Waals surface area contributed by atoms with Crippen LogP contribution in [0.2, 0.25) is 0 Å². The molecule has 0 unspecified atom stereocenters. The number of anilines is 2. The highest BCUT2D eigenvalue weighted by atomic mass is 32.2. The van der Waals surface area contributed by atoms with Crippen molar-refractivity contribution in [1.82, 2.24) is 9.97 Å². The van der Waals surface area contributed by atoms with Gasteiger partial charge in [-0.25, -0.2) is 19.2 Å². The SMILES string of the molecule is NNc1nc(N2CCCS(=O)(=O)CC2)cc(C(F)(F)F)n1. The summed E-state index contributed by atoms with van der Waals surface area (Å²) in [7, 11) is -3.16. The van der Waals surface area contributed by atoms with Crippen LogP contribution in [0.15, 0.2) is 6.07 Å². The monoisotopic (exact) mass is 325 g/mol. The lowest BCUT2D eigenvalue weighted by Crippen LogP contribution is -2.29. The molecule has 0 aliphatic carbocycles. The van der Waals surface area contributed by atoms with Gasteiger partial charge in [0.05, 0.1) is 11.5 Å². The van der Waals surface area contributed by atoms with Gasteiger partial charge in [0.2, 0.25) is 5.95 Å². The number of hydrogen-bond donors (Lipinski definition) is 2. The molecule has 2 heterocycles. The summed E-state index contributed by atoms with van der Waals surface area (Å²) in [6.07, 6.45) is -4.31. The lowest BCUT2D eigenvalue weighted by atomic mass is 10.3. The van der Waals surface area contributed by atoms with Gasteiger partial charge in [0.1, 0.15) is 5.82 Å². The largest absolute Gasteiger partial charge is 0.433 e. The van der Waals surface area contributed by atoms with Crippen molar-refractivity contribution in [3.05, 3.63) is 11.8 Å². The molecule has 118 valence electrons. The average molecular weight is 325 g/mol. The van der Waals surface area contributed by atoms with Gasteiger partial charge in [-0.05, 0) is 6.42 Å². The van der Waals surface area contributed by atoms with Crippen molar-refractivity contribution in [3.63, 3.8) is 0 Å². The Labute approximate surface area is 119 Å². The molecular weight excluding hydrogens is 311 g/mol. The summed E-state index contributed by atoms with van der Waals surface area (Å²) in [6, 6.07) is 0.790. The number of nitrogens with two attached hydrogens (primary N) is 1. The second-order valence-electron chi connectivity index (χ2n) is 4.57. The quantitative estimate of drug-likeness (QED) is 0.600. The average Bonchev–Trinajstić information content (AvgIpc) is 2.58. The number of hydrogen-bond acceptors (Lipinski definition) is 7. The van der Waals surface area contributed by atoms with Crippen LogP contribution in [0.4, 0.5) is 24.9 Å². The number of sulfone groups is 1. The molecule has 21 heavy (non-hydrogen) atoms. The van der Waals surface area contributed by atoms with E-state index >= 15 is 0 Å². The smallest absolute Gasteiger partial charge is 0.355 e. The molecule has 0 saturated carbocycles. The summed E-state index contributed by atoms with van der Waals surface area (Å²) < 4.78 is 61.4. The summed E-state index contributed by atoms with van der Waals surface area (Å²) >= 11 is 0. The molecule has 0 amide bonds. The lowest BCUT2D eigenvalue weighted by Gasteiger charge is -2.22. The zero-order valence-corrected chi connectivity index (χ0v) is 11.7. The van der Waals surface area contributed by atoms with Crippen LogP contribution in [0.5, 0.6) is 0 Å². The standard InChI is InChI=1S/C10H14F3N5O2S/c11-10(12,13)7-6-8(16-9(15-7)17-14)18-2-1-4-21(19,20)5-3-18/h6H,1-5,14H2,(H,15,16,17). The van der Waals surface area contributed by atoms with Crippen LogP contribution < -0.4 is 16.2 Å². The number of nitrogen functional groups attached to an aromatic ring is 1. The molecule has 0 radical (unpaired) electrons. The molecule has 2 rings (SSSR count). The third-order valence-electron chi connectivity index (χ3n) is 3.01. The van der Waals surface area contributed by atoms with Crippen molar-refractivity contribution < 1.29 is 21.6 Å². The second kappa shape index (κ2) is 5.64. The number of nitrogens with one attached hydrogen (secondary N) is 1. The van der Waals surface area contributed by atoms with Crippen LogP contribution >= 0.6 is 0 Å². The first-order valence-electron chi connectivity index (χ1n) is 6.09. The normalized spacial score (nSPS) is 19.1. The first kappa shape index (κ1) is 15.8. The molecule has 0 atom stereocenters. The van der Waals surface area contributed by atoms with Gasteiger partial charge >= 0.3 is 6.18 Å². The highest BCUT2D eigenvalue weighted by Crippen LogP contribution is 2.30. The van der Waals surface area contributed by atoms with E-state index in [1.165, 1.54) is 4.90 Å². The molecule has 1 fully saturated rings. The van der Waals surface area contributed by atoms with Crippen molar-refractivity contribution in [2.24, 2.45) is 5.84 Å². The topological polar surface area (TPSA) is 101 Å². The number of nitrogens with zero attached hydrogens (tertiary/aromatic N) is 3. The molecule has 0 bridgehead atoms. The van der Waals surface area contributed by atoms with E-state index in [-0.39, 0.29) is 29.8 Å². The minimum atomic E-state index is -4.64. The molecule has 1 saturated heterocycles. The van der Waals surface area contributed by atoms with E-state index in [0.717, 1.165) is 6.07 Å². The Morgan fingerprint density at radius 3 is 2.57 bits per heavy atom. The van der Waals surface area contributed by atoms with E-state index in [1.54, 1.807) is 0 Å². The Morgan fingerprint density at radius 1 is 1.24 bits per heavy atom. The number of aromatic nitrogens is 2. The van der Waals surface area contributed by atoms with Crippen molar-refractivity contribution in [2.45, 2.75) is 12.6 Å². The third-order valence-corrected chi connectivity index (χ3v) is 4.73. The third kappa shape index (κ3) is 3.94. The number of rotatable bonds is 2. The molecular formula is C10H14F3N5O2S. The van der Waals surface area contributed by atoms with Crippen molar-refractivity contribution in [3.8, 4) is 0 Å². The maximum absolute atomic E-state index is 12.8. The number of halogens is 3. The highest BCUT2D eigenvalue weighted by molar-refractivity contribution is 7.91. The summed E-state index contributed by atoms with van der Waals surface area (Å²) in [5, 5.41) is 0. The van der Waals surface area contributed by atoms with Gasteiger partial charge in [-0.3, -0.25) is 5.43 Å². The van der Waals surface area contributed by atoms with E-state index < -0.39 is 21.7 Å². The van der Waals surface area contributed by atoms with Crippen LogP contribution in [0.3, 0.4) is 0 Å². The van der Waals surface area contributed by atoms with Crippen molar-refractivity contribution in [1.29, 1.82) is 0 Å². The molecule has 3 N–H and O–H groups in total. The maximum atomic E-state index is 12.8. The van der Waals surface area contributed by atoms with Gasteiger partial charge in [0.15, 0.2) is 15.5 Å². The summed E-state index contributed by atoms with van der Waals surface area (Å²) in [6.45, 7) is 0.387. The zero-order valence-electron chi connectivity index (χ0n) is 10.9. The summed E-state index contributed by atoms with van der Waals surface area (Å²) in [5.41, 5.74) is 0.852. The fourth-order valence-electron chi connectivity index (χ4n) is 1.97. The van der Waals surface area contributed by atoms with Crippen molar-refractivity contribution >= 4 is 21.6 Å². The second-order valence-corrected chi connectivity index (χ2v) is 6.87. The highest BCUT2D eigenvalue weighted by Gasteiger charge is 2.34. The Kier molecular flexibility index (Phi) is 4.23. The van der Waals surface area contributed by atoms with E-state index in [2.05, 4.69) is 9.97 Å². The van der Waals surface area contributed by atoms with Gasteiger partial charge in [0.25, 0.3) is 0 Å². The molecule has 1 aliphatic heterocycles. The summed E-state index contributed by atoms with van der Waals surface area (Å²) in [5.74, 6) is 4.61. The Balaban J connectivity index is 2.34. The fraction of sp³-hybridized carbons (Fsp3) is 0.600. The summed E-state index contributed by atoms with van der Waals surface area (Å²) in [4.78, 5) is 8.60. The lowest BCUT2D eigenvalue weighted by molar-refractivity contribution is -0.141. The van der Waals surface area contributed by atoms with Gasteiger partial charge in [-0.2, -0.15) is 18.2 Å². The van der Waals surface area contributed by atoms with Gasteiger partial charge in [-0.15, -0.1) is 0 Å². The van der Waals surface area contributed by atoms with Crippen LogP contribution in [0.1, 0.15) is 12.1 Å². The molecule has 1 aromatic heterocycles. The Morgan fingerprint density at radius 2 is 1.95 bits per heavy atom. The first-order chi connectivity index (χ1) is 9.71. The predicted octanol–water partition coefficient (Wildman–Crippen LogP) is 0.406. The molecule has 1 aliphatic rings.